The number of carboxylic acids is 1. The van der Waals surface area contributed by atoms with E-state index in [9.17, 15) is 30.1 Å². The first-order valence-corrected chi connectivity index (χ1v) is 10.6. The number of hydrogen-bond donors (Lipinski definition) is 1. The van der Waals surface area contributed by atoms with E-state index in [1.807, 2.05) is 13.1 Å². The second-order valence-electron chi connectivity index (χ2n) is 8.85. The predicted octanol–water partition coefficient (Wildman–Crippen LogP) is 5.21. The van der Waals surface area contributed by atoms with E-state index in [1.165, 1.54) is 12.1 Å². The molecule has 0 bridgehead atoms. The summed E-state index contributed by atoms with van der Waals surface area (Å²) in [7, 11) is 0. The first-order valence-electron chi connectivity index (χ1n) is 10.6. The Labute approximate surface area is 201 Å². The zero-order valence-electron chi connectivity index (χ0n) is 19.7. The Hall–Kier alpha value is -4.65. The van der Waals surface area contributed by atoms with E-state index in [4.69, 9.17) is 4.74 Å². The fraction of sp³-hybridized carbons (Fsp3) is 0.240. The van der Waals surface area contributed by atoms with Crippen molar-refractivity contribution in [2.75, 3.05) is 4.90 Å². The third kappa shape index (κ3) is 5.65. The molecule has 0 unspecified atom stereocenters. The van der Waals surface area contributed by atoms with Gasteiger partial charge in [-0.1, -0.05) is 18.2 Å². The van der Waals surface area contributed by atoms with E-state index in [0.717, 1.165) is 16.5 Å². The maximum Gasteiger partial charge on any atom is 0.415 e. The first kappa shape index (κ1) is 25.0. The number of benzene rings is 2. The van der Waals surface area contributed by atoms with E-state index in [1.54, 1.807) is 55.7 Å². The molecule has 0 saturated heterocycles. The standard InChI is InChI=1S/C25H24N4O6/c1-16-12-19(13-26)27(14-16)18-10-8-17(9-11-18)15-28(24(32)35-25(2,3)4)22-20(23(30)31)6-5-7-21(22)29(33)34/h5-12,14H,15H2,1-4H3,(H,30,31). The van der Waals surface area contributed by atoms with Gasteiger partial charge in [-0.25, -0.2) is 9.59 Å². The fourth-order valence-electron chi connectivity index (χ4n) is 3.53. The molecule has 0 spiro atoms. The maximum absolute atomic E-state index is 13.1. The smallest absolute Gasteiger partial charge is 0.415 e. The van der Waals surface area contributed by atoms with Crippen molar-refractivity contribution in [1.82, 2.24) is 4.57 Å². The molecule has 0 aliphatic carbocycles. The summed E-state index contributed by atoms with van der Waals surface area (Å²) in [5.41, 5.74) is 0.422. The van der Waals surface area contributed by atoms with Gasteiger partial charge < -0.3 is 14.4 Å². The molecule has 1 aromatic heterocycles. The third-order valence-electron chi connectivity index (χ3n) is 4.95. The van der Waals surface area contributed by atoms with E-state index >= 15 is 0 Å². The first-order chi connectivity index (χ1) is 16.4. The van der Waals surface area contributed by atoms with Gasteiger partial charge in [0.05, 0.1) is 17.0 Å². The summed E-state index contributed by atoms with van der Waals surface area (Å²) in [6.07, 6.45) is 0.888. The van der Waals surface area contributed by atoms with Crippen molar-refractivity contribution in [2.24, 2.45) is 0 Å². The number of carbonyl (C=O) groups excluding carboxylic acids is 1. The number of amides is 1. The normalized spacial score (nSPS) is 10.9. The van der Waals surface area contributed by atoms with Crippen molar-refractivity contribution in [1.29, 1.82) is 5.26 Å². The lowest BCUT2D eigenvalue weighted by molar-refractivity contribution is -0.384. The van der Waals surface area contributed by atoms with Crippen LogP contribution in [-0.4, -0.2) is 32.3 Å². The van der Waals surface area contributed by atoms with Crippen LogP contribution < -0.4 is 4.90 Å². The minimum Gasteiger partial charge on any atom is -0.478 e. The number of aromatic carboxylic acids is 1. The molecule has 0 aliphatic heterocycles. The third-order valence-corrected chi connectivity index (χ3v) is 4.95. The summed E-state index contributed by atoms with van der Waals surface area (Å²) in [6, 6.07) is 14.3. The van der Waals surface area contributed by atoms with Crippen molar-refractivity contribution >= 4 is 23.4 Å². The Kier molecular flexibility index (Phi) is 6.91. The summed E-state index contributed by atoms with van der Waals surface area (Å²) in [4.78, 5) is 37.0. The molecule has 10 heteroatoms. The van der Waals surface area contributed by atoms with E-state index in [-0.39, 0.29) is 12.2 Å². The molecule has 3 rings (SSSR count). The number of nitro benzene ring substituents is 1. The van der Waals surface area contributed by atoms with Gasteiger partial charge in [-0.05, 0) is 63.1 Å². The number of ether oxygens (including phenoxy) is 1. The van der Waals surface area contributed by atoms with Gasteiger partial charge in [0.2, 0.25) is 0 Å². The lowest BCUT2D eigenvalue weighted by Crippen LogP contribution is -2.37. The zero-order valence-corrected chi connectivity index (χ0v) is 19.7. The SMILES string of the molecule is Cc1cc(C#N)n(-c2ccc(CN(C(=O)OC(C)(C)C)c3c(C(=O)O)cccc3[N+](=O)[O-])cc2)c1. The molecule has 0 aliphatic rings. The average molecular weight is 476 g/mol. The fourth-order valence-corrected chi connectivity index (χ4v) is 3.53. The predicted molar refractivity (Wildman–Crippen MR) is 128 cm³/mol. The molecule has 1 amide bonds. The highest BCUT2D eigenvalue weighted by atomic mass is 16.6. The molecule has 0 atom stereocenters. The van der Waals surface area contributed by atoms with Crippen molar-refractivity contribution in [3.63, 3.8) is 0 Å². The Bertz CT molecular complexity index is 1300. The van der Waals surface area contributed by atoms with Crippen LogP contribution in [0.15, 0.2) is 54.7 Å². The molecule has 180 valence electrons. The summed E-state index contributed by atoms with van der Waals surface area (Å²) in [5, 5.41) is 30.8. The van der Waals surface area contributed by atoms with Crippen LogP contribution >= 0.6 is 0 Å². The maximum atomic E-state index is 13.1. The molecule has 2 aromatic carbocycles. The summed E-state index contributed by atoms with van der Waals surface area (Å²) >= 11 is 0. The highest BCUT2D eigenvalue weighted by molar-refractivity contribution is 6.03. The lowest BCUT2D eigenvalue weighted by atomic mass is 10.1. The Morgan fingerprint density at radius 1 is 1.20 bits per heavy atom. The van der Waals surface area contributed by atoms with E-state index < -0.39 is 33.8 Å². The lowest BCUT2D eigenvalue weighted by Gasteiger charge is -2.28. The Morgan fingerprint density at radius 2 is 1.86 bits per heavy atom. The van der Waals surface area contributed by atoms with Crippen LogP contribution in [-0.2, 0) is 11.3 Å². The molecule has 0 radical (unpaired) electrons. The number of carbonyl (C=O) groups is 2. The second-order valence-corrected chi connectivity index (χ2v) is 8.85. The van der Waals surface area contributed by atoms with Crippen LogP contribution in [0.25, 0.3) is 5.69 Å². The van der Waals surface area contributed by atoms with Crippen LogP contribution in [0.3, 0.4) is 0 Å². The Balaban J connectivity index is 2.08. The van der Waals surface area contributed by atoms with Crippen molar-refractivity contribution in [3.05, 3.63) is 87.2 Å². The zero-order chi connectivity index (χ0) is 25.9. The molecular weight excluding hydrogens is 452 g/mol. The number of nitriles is 1. The van der Waals surface area contributed by atoms with Gasteiger partial charge >= 0.3 is 12.1 Å². The van der Waals surface area contributed by atoms with Crippen LogP contribution in [0.5, 0.6) is 0 Å². The monoisotopic (exact) mass is 476 g/mol. The molecular formula is C25H24N4O6. The molecule has 0 fully saturated rings. The summed E-state index contributed by atoms with van der Waals surface area (Å²) in [5.74, 6) is -1.42. The number of rotatable bonds is 6. The van der Waals surface area contributed by atoms with Crippen molar-refractivity contribution in [3.8, 4) is 11.8 Å². The molecule has 35 heavy (non-hydrogen) atoms. The molecule has 10 nitrogen and oxygen atoms in total. The summed E-state index contributed by atoms with van der Waals surface area (Å²) in [6.45, 7) is 6.61. The number of aromatic nitrogens is 1. The quantitative estimate of drug-likeness (QED) is 0.381. The van der Waals surface area contributed by atoms with E-state index in [2.05, 4.69) is 6.07 Å². The number of anilines is 1. The number of aryl methyl sites for hydroxylation is 1. The van der Waals surface area contributed by atoms with Gasteiger partial charge in [0.25, 0.3) is 5.69 Å². The van der Waals surface area contributed by atoms with Gasteiger partial charge in [-0.3, -0.25) is 15.0 Å². The minimum absolute atomic E-state index is 0.184. The van der Waals surface area contributed by atoms with Gasteiger partial charge in [0.15, 0.2) is 0 Å². The molecule has 1 N–H and O–H groups in total. The largest absolute Gasteiger partial charge is 0.478 e. The highest BCUT2D eigenvalue weighted by Gasteiger charge is 2.33. The minimum atomic E-state index is -1.42. The topological polar surface area (TPSA) is 139 Å². The number of hydrogen-bond acceptors (Lipinski definition) is 6. The molecule has 0 saturated carbocycles. The molecule has 3 aromatic rings. The van der Waals surface area contributed by atoms with Gasteiger partial charge in [-0.15, -0.1) is 0 Å². The van der Waals surface area contributed by atoms with Crippen LogP contribution in [0, 0.1) is 28.4 Å². The second kappa shape index (κ2) is 9.69. The summed E-state index contributed by atoms with van der Waals surface area (Å²) < 4.78 is 7.17. The highest BCUT2D eigenvalue weighted by Crippen LogP contribution is 2.34. The van der Waals surface area contributed by atoms with Gasteiger partial charge in [-0.2, -0.15) is 5.26 Å². The van der Waals surface area contributed by atoms with Crippen LogP contribution in [0.1, 0.15) is 48.0 Å². The number of para-hydroxylation sites is 1. The van der Waals surface area contributed by atoms with E-state index in [0.29, 0.717) is 16.9 Å². The number of nitro groups is 1. The van der Waals surface area contributed by atoms with Crippen LogP contribution in [0.4, 0.5) is 16.2 Å². The average Bonchev–Trinajstić information content (AvgIpc) is 3.16. The number of carboxylic acid groups (broad SMARTS) is 1. The van der Waals surface area contributed by atoms with Gasteiger partial charge in [0.1, 0.15) is 23.1 Å². The number of nitrogens with zero attached hydrogens (tertiary/aromatic N) is 4. The molecule has 1 heterocycles. The van der Waals surface area contributed by atoms with Gasteiger partial charge in [0, 0.05) is 18.0 Å². The van der Waals surface area contributed by atoms with Crippen LogP contribution in [0.2, 0.25) is 0 Å². The van der Waals surface area contributed by atoms with Crippen molar-refractivity contribution < 1.29 is 24.4 Å². The van der Waals surface area contributed by atoms with Crippen molar-refractivity contribution in [2.45, 2.75) is 39.8 Å². The Morgan fingerprint density at radius 3 is 2.40 bits per heavy atom.